The fourth-order valence-corrected chi connectivity index (χ4v) is 3.44. The molecule has 0 bridgehead atoms. The molecule has 1 aliphatic carbocycles. The van der Waals surface area contributed by atoms with Crippen molar-refractivity contribution in [1.82, 2.24) is 4.72 Å². The maximum atomic E-state index is 12.4. The smallest absolute Gasteiger partial charge is 0.346 e. The van der Waals surface area contributed by atoms with Crippen LogP contribution >= 0.6 is 0 Å². The molecule has 0 unspecified atom stereocenters. The predicted octanol–water partition coefficient (Wildman–Crippen LogP) is 0.854. The average Bonchev–Trinajstić information content (AvgIpc) is 3.36. The quantitative estimate of drug-likeness (QED) is 0.721. The van der Waals surface area contributed by atoms with Crippen molar-refractivity contribution in [2.75, 3.05) is 14.2 Å². The lowest BCUT2D eigenvalue weighted by Crippen LogP contribution is -2.27. The van der Waals surface area contributed by atoms with E-state index >= 15 is 0 Å². The number of nitrogens with one attached hydrogen (secondary N) is 1. The van der Waals surface area contributed by atoms with Gasteiger partial charge in [-0.2, -0.15) is 0 Å². The summed E-state index contributed by atoms with van der Waals surface area (Å²) in [5, 5.41) is 0. The Balaban J connectivity index is 2.27. The lowest BCUT2D eigenvalue weighted by atomic mass is 10.2. The highest BCUT2D eigenvalue weighted by Gasteiger charge is 2.30. The number of hydrogen-bond acceptors (Lipinski definition) is 7. The molecular formula is C15H19NO7S. The minimum absolute atomic E-state index is 0.0114. The molecule has 0 spiro atoms. The second-order valence-corrected chi connectivity index (χ2v) is 7.01. The van der Waals surface area contributed by atoms with Crippen molar-refractivity contribution in [3.05, 3.63) is 23.8 Å². The number of sulfonamides is 1. The van der Waals surface area contributed by atoms with E-state index in [0.29, 0.717) is 0 Å². The molecule has 0 radical (unpaired) electrons. The Morgan fingerprint density at radius 1 is 1.25 bits per heavy atom. The lowest BCUT2D eigenvalue weighted by Gasteiger charge is -2.13. The molecule has 1 aromatic rings. The molecular weight excluding hydrogens is 338 g/mol. The number of rotatable bonds is 7. The zero-order valence-electron chi connectivity index (χ0n) is 13.6. The van der Waals surface area contributed by atoms with Crippen LogP contribution in [0.4, 0.5) is 0 Å². The van der Waals surface area contributed by atoms with Gasteiger partial charge in [0.05, 0.1) is 19.8 Å². The zero-order valence-corrected chi connectivity index (χ0v) is 14.4. The first-order chi connectivity index (χ1) is 11.3. The summed E-state index contributed by atoms with van der Waals surface area (Å²) in [4.78, 5) is 23.3. The third-order valence-electron chi connectivity index (χ3n) is 3.40. The minimum atomic E-state index is -3.82. The summed E-state index contributed by atoms with van der Waals surface area (Å²) in [6.45, 7) is 1.36. The predicted molar refractivity (Wildman–Crippen MR) is 83.2 cm³/mol. The van der Waals surface area contributed by atoms with Gasteiger partial charge in [0.25, 0.3) is 0 Å². The summed E-state index contributed by atoms with van der Waals surface area (Å²) in [5.74, 6) is -1.43. The standard InChI is InChI=1S/C15H19NO7S/c1-9(14(17)22-3)23-15(18)10-4-7-12(21-2)13(8-10)24(19,20)16-11-5-6-11/h4,7-9,11,16H,5-6H2,1-3H3/t9-/m0/s1. The van der Waals surface area contributed by atoms with E-state index in [4.69, 9.17) is 9.47 Å². The summed E-state index contributed by atoms with van der Waals surface area (Å²) in [6, 6.07) is 3.80. The van der Waals surface area contributed by atoms with E-state index in [1.165, 1.54) is 33.3 Å². The Labute approximate surface area is 140 Å². The molecule has 0 aliphatic heterocycles. The van der Waals surface area contributed by atoms with Crippen LogP contribution < -0.4 is 9.46 Å². The van der Waals surface area contributed by atoms with Crippen molar-refractivity contribution in [3.8, 4) is 5.75 Å². The Hall–Kier alpha value is -2.13. The zero-order chi connectivity index (χ0) is 17.9. The molecule has 1 fully saturated rings. The van der Waals surface area contributed by atoms with Crippen LogP contribution in [-0.4, -0.2) is 46.7 Å². The van der Waals surface area contributed by atoms with Gasteiger partial charge in [0.1, 0.15) is 10.6 Å². The van der Waals surface area contributed by atoms with E-state index in [-0.39, 0.29) is 22.3 Å². The van der Waals surface area contributed by atoms with Gasteiger partial charge >= 0.3 is 11.9 Å². The fraction of sp³-hybridized carbons (Fsp3) is 0.467. The van der Waals surface area contributed by atoms with Gasteiger partial charge in [-0.3, -0.25) is 0 Å². The number of methoxy groups -OCH3 is 2. The highest BCUT2D eigenvalue weighted by Crippen LogP contribution is 2.28. The highest BCUT2D eigenvalue weighted by molar-refractivity contribution is 7.89. The molecule has 0 aromatic heterocycles. The van der Waals surface area contributed by atoms with Gasteiger partial charge in [0.2, 0.25) is 10.0 Å². The van der Waals surface area contributed by atoms with Gasteiger partial charge < -0.3 is 14.2 Å². The molecule has 1 saturated carbocycles. The minimum Gasteiger partial charge on any atom is -0.495 e. The maximum Gasteiger partial charge on any atom is 0.346 e. The average molecular weight is 357 g/mol. The Morgan fingerprint density at radius 2 is 1.92 bits per heavy atom. The van der Waals surface area contributed by atoms with Gasteiger partial charge in [0, 0.05) is 6.04 Å². The molecule has 0 saturated heterocycles. The molecule has 132 valence electrons. The Bertz CT molecular complexity index is 740. The number of esters is 2. The largest absolute Gasteiger partial charge is 0.495 e. The van der Waals surface area contributed by atoms with Crippen LogP contribution in [0.2, 0.25) is 0 Å². The normalized spacial score (nSPS) is 15.5. The summed E-state index contributed by atoms with van der Waals surface area (Å²) in [6.07, 6.45) is 0.453. The van der Waals surface area contributed by atoms with Crippen molar-refractivity contribution >= 4 is 22.0 Å². The van der Waals surface area contributed by atoms with E-state index in [2.05, 4.69) is 9.46 Å². The molecule has 1 aliphatic rings. The van der Waals surface area contributed by atoms with E-state index < -0.39 is 28.1 Å². The van der Waals surface area contributed by atoms with Gasteiger partial charge in [0.15, 0.2) is 6.10 Å². The van der Waals surface area contributed by atoms with Gasteiger partial charge in [-0.15, -0.1) is 0 Å². The number of ether oxygens (including phenoxy) is 3. The third-order valence-corrected chi connectivity index (χ3v) is 4.95. The Kier molecular flexibility index (Phi) is 5.45. The van der Waals surface area contributed by atoms with Crippen molar-refractivity contribution in [2.24, 2.45) is 0 Å². The number of hydrogen-bond donors (Lipinski definition) is 1. The molecule has 1 aromatic carbocycles. The van der Waals surface area contributed by atoms with Gasteiger partial charge in [-0.1, -0.05) is 0 Å². The third kappa shape index (κ3) is 4.24. The fourth-order valence-electron chi connectivity index (χ4n) is 1.94. The topological polar surface area (TPSA) is 108 Å². The molecule has 24 heavy (non-hydrogen) atoms. The van der Waals surface area contributed by atoms with Crippen LogP contribution in [0.5, 0.6) is 5.75 Å². The molecule has 8 nitrogen and oxygen atoms in total. The van der Waals surface area contributed by atoms with Crippen LogP contribution in [0.25, 0.3) is 0 Å². The maximum absolute atomic E-state index is 12.4. The number of carbonyl (C=O) groups excluding carboxylic acids is 2. The summed E-state index contributed by atoms with van der Waals surface area (Å²) in [5.41, 5.74) is -0.0114. The number of carbonyl (C=O) groups is 2. The number of benzene rings is 1. The van der Waals surface area contributed by atoms with Crippen LogP contribution in [-0.2, 0) is 24.3 Å². The van der Waals surface area contributed by atoms with E-state index in [9.17, 15) is 18.0 Å². The molecule has 0 amide bonds. The summed E-state index contributed by atoms with van der Waals surface area (Å²) < 4.78 is 41.8. The molecule has 9 heteroatoms. The van der Waals surface area contributed by atoms with Crippen molar-refractivity contribution in [1.29, 1.82) is 0 Å². The first-order valence-electron chi connectivity index (χ1n) is 7.27. The first kappa shape index (κ1) is 18.2. The first-order valence-corrected chi connectivity index (χ1v) is 8.76. The van der Waals surface area contributed by atoms with Crippen molar-refractivity contribution < 1.29 is 32.2 Å². The monoisotopic (exact) mass is 357 g/mol. The van der Waals surface area contributed by atoms with Gasteiger partial charge in [-0.05, 0) is 38.0 Å². The molecule has 2 rings (SSSR count). The molecule has 1 N–H and O–H groups in total. The van der Waals surface area contributed by atoms with E-state index in [1.807, 2.05) is 0 Å². The van der Waals surface area contributed by atoms with E-state index in [1.54, 1.807) is 0 Å². The van der Waals surface area contributed by atoms with Crippen LogP contribution in [0.15, 0.2) is 23.1 Å². The van der Waals surface area contributed by atoms with Crippen LogP contribution in [0.1, 0.15) is 30.1 Å². The highest BCUT2D eigenvalue weighted by atomic mass is 32.2. The molecule has 1 atom stereocenters. The van der Waals surface area contributed by atoms with Crippen LogP contribution in [0, 0.1) is 0 Å². The Morgan fingerprint density at radius 3 is 2.46 bits per heavy atom. The van der Waals surface area contributed by atoms with Gasteiger partial charge in [-0.25, -0.2) is 22.7 Å². The van der Waals surface area contributed by atoms with Crippen LogP contribution in [0.3, 0.4) is 0 Å². The molecule has 0 heterocycles. The van der Waals surface area contributed by atoms with E-state index in [0.717, 1.165) is 18.9 Å². The second kappa shape index (κ2) is 7.18. The SMILES string of the molecule is COC(=O)[C@H](C)OC(=O)c1ccc(OC)c(S(=O)(=O)NC2CC2)c1. The van der Waals surface area contributed by atoms with Crippen molar-refractivity contribution in [2.45, 2.75) is 36.8 Å². The second-order valence-electron chi connectivity index (χ2n) is 5.33. The summed E-state index contributed by atoms with van der Waals surface area (Å²) in [7, 11) is -1.31. The summed E-state index contributed by atoms with van der Waals surface area (Å²) >= 11 is 0. The van der Waals surface area contributed by atoms with Crippen molar-refractivity contribution in [3.63, 3.8) is 0 Å². The lowest BCUT2D eigenvalue weighted by molar-refractivity contribution is -0.149.